The number of carbonyl (C=O) groups is 1. The predicted molar refractivity (Wildman–Crippen MR) is 114 cm³/mol. The van der Waals surface area contributed by atoms with Crippen LogP contribution in [0.25, 0.3) is 0 Å². The predicted octanol–water partition coefficient (Wildman–Crippen LogP) is 0.766. The zero-order chi connectivity index (χ0) is 21.3. The highest BCUT2D eigenvalue weighted by Crippen LogP contribution is 2.29. The van der Waals surface area contributed by atoms with Gasteiger partial charge in [0.2, 0.25) is 5.91 Å². The fourth-order valence-corrected chi connectivity index (χ4v) is 5.51. The Bertz CT molecular complexity index is 724. The molecule has 4 rings (SSSR count). The van der Waals surface area contributed by atoms with Gasteiger partial charge < -0.3 is 19.6 Å². The molecule has 1 amide bonds. The van der Waals surface area contributed by atoms with Crippen LogP contribution >= 0.6 is 0 Å². The van der Waals surface area contributed by atoms with E-state index in [0.29, 0.717) is 31.6 Å². The van der Waals surface area contributed by atoms with Crippen molar-refractivity contribution in [3.05, 3.63) is 17.5 Å². The Balaban J connectivity index is 1.36. The van der Waals surface area contributed by atoms with Crippen molar-refractivity contribution in [2.75, 3.05) is 39.9 Å². The van der Waals surface area contributed by atoms with Crippen molar-refractivity contribution in [3.8, 4) is 0 Å². The molecule has 0 spiro atoms. The van der Waals surface area contributed by atoms with Crippen LogP contribution in [0, 0.1) is 6.92 Å². The van der Waals surface area contributed by atoms with Gasteiger partial charge in [0.25, 0.3) is 0 Å². The van der Waals surface area contributed by atoms with Gasteiger partial charge in [-0.2, -0.15) is 5.10 Å². The summed E-state index contributed by atoms with van der Waals surface area (Å²) in [6, 6.07) is 0.803. The van der Waals surface area contributed by atoms with E-state index in [4.69, 9.17) is 4.74 Å². The number of aliphatic hydroxyl groups is 1. The molecule has 3 fully saturated rings. The number of amides is 1. The van der Waals surface area contributed by atoms with E-state index >= 15 is 0 Å². The van der Waals surface area contributed by atoms with Crippen molar-refractivity contribution in [1.29, 1.82) is 0 Å². The molecule has 168 valence electrons. The highest BCUT2D eigenvalue weighted by Gasteiger charge is 2.42. The second kappa shape index (κ2) is 9.34. The number of hydrogen-bond donors (Lipinski definition) is 1. The maximum absolute atomic E-state index is 13.3. The van der Waals surface area contributed by atoms with Gasteiger partial charge in [-0.3, -0.25) is 14.4 Å². The van der Waals surface area contributed by atoms with Gasteiger partial charge in [0.1, 0.15) is 0 Å². The minimum absolute atomic E-state index is 0.113. The standard InChI is InChI=1S/C22H37N5O3/c1-16-17(14-25(3)23-16)13-24(2)22(29)21-12-20(28)15-27(21)19-4-8-26(9-5-19)18-6-10-30-11-7-18/h14,18-21,28H,4-13,15H2,1-3H3/t20-,21+/m1/s1. The van der Waals surface area contributed by atoms with Crippen LogP contribution in [-0.4, -0.2) is 99.6 Å². The Hall–Kier alpha value is -1.48. The largest absolute Gasteiger partial charge is 0.392 e. The van der Waals surface area contributed by atoms with Crippen LogP contribution in [0.2, 0.25) is 0 Å². The number of ether oxygens (including phenoxy) is 1. The first-order chi connectivity index (χ1) is 14.4. The minimum atomic E-state index is -0.416. The van der Waals surface area contributed by atoms with E-state index in [-0.39, 0.29) is 11.9 Å². The minimum Gasteiger partial charge on any atom is -0.392 e. The summed E-state index contributed by atoms with van der Waals surface area (Å²) in [5, 5.41) is 14.8. The number of aromatic nitrogens is 2. The summed E-state index contributed by atoms with van der Waals surface area (Å²) in [5.74, 6) is 0.113. The van der Waals surface area contributed by atoms with Gasteiger partial charge in [-0.25, -0.2) is 0 Å². The van der Waals surface area contributed by atoms with Crippen LogP contribution in [0.4, 0.5) is 0 Å². The normalized spacial score (nSPS) is 27.6. The molecule has 3 saturated heterocycles. The highest BCUT2D eigenvalue weighted by atomic mass is 16.5. The monoisotopic (exact) mass is 419 g/mol. The Morgan fingerprint density at radius 1 is 1.23 bits per heavy atom. The first kappa shape index (κ1) is 21.7. The third-order valence-electron chi connectivity index (χ3n) is 7.18. The number of hydrogen-bond acceptors (Lipinski definition) is 6. The van der Waals surface area contributed by atoms with Gasteiger partial charge in [-0.1, -0.05) is 0 Å². The maximum Gasteiger partial charge on any atom is 0.240 e. The first-order valence-electron chi connectivity index (χ1n) is 11.4. The molecule has 4 heterocycles. The molecule has 3 aliphatic rings. The van der Waals surface area contributed by atoms with E-state index in [9.17, 15) is 9.90 Å². The summed E-state index contributed by atoms with van der Waals surface area (Å²) in [6.45, 7) is 7.05. The fourth-order valence-electron chi connectivity index (χ4n) is 5.51. The van der Waals surface area contributed by atoms with Crippen molar-refractivity contribution < 1.29 is 14.6 Å². The van der Waals surface area contributed by atoms with Gasteiger partial charge in [0, 0.05) is 64.2 Å². The SMILES string of the molecule is Cc1nn(C)cc1CN(C)C(=O)[C@@H]1C[C@@H](O)CN1C1CCN(C2CCOCC2)CC1. The summed E-state index contributed by atoms with van der Waals surface area (Å²) >= 11 is 0. The number of aryl methyl sites for hydroxylation is 2. The molecule has 30 heavy (non-hydrogen) atoms. The molecular formula is C22H37N5O3. The third-order valence-corrected chi connectivity index (χ3v) is 7.18. The van der Waals surface area contributed by atoms with Crippen LogP contribution in [0.1, 0.15) is 43.4 Å². The van der Waals surface area contributed by atoms with E-state index in [2.05, 4.69) is 14.9 Å². The summed E-state index contributed by atoms with van der Waals surface area (Å²) in [6.07, 6.45) is 6.50. The van der Waals surface area contributed by atoms with Crippen LogP contribution < -0.4 is 0 Å². The average molecular weight is 420 g/mol. The van der Waals surface area contributed by atoms with Gasteiger partial charge in [0.15, 0.2) is 0 Å². The molecule has 2 atom stereocenters. The smallest absolute Gasteiger partial charge is 0.240 e. The third kappa shape index (κ3) is 4.72. The van der Waals surface area contributed by atoms with Crippen molar-refractivity contribution in [1.82, 2.24) is 24.5 Å². The van der Waals surface area contributed by atoms with Crippen LogP contribution in [0.5, 0.6) is 0 Å². The number of carbonyl (C=O) groups excluding carboxylic acids is 1. The molecule has 0 aliphatic carbocycles. The van der Waals surface area contributed by atoms with Gasteiger partial charge >= 0.3 is 0 Å². The molecule has 8 heteroatoms. The molecule has 0 bridgehead atoms. The number of rotatable bonds is 5. The Kier molecular flexibility index (Phi) is 6.77. The Morgan fingerprint density at radius 3 is 2.57 bits per heavy atom. The Labute approximate surface area is 179 Å². The topological polar surface area (TPSA) is 74.1 Å². The lowest BCUT2D eigenvalue weighted by molar-refractivity contribution is -0.136. The molecule has 8 nitrogen and oxygen atoms in total. The molecule has 0 radical (unpaired) electrons. The maximum atomic E-state index is 13.3. The lowest BCUT2D eigenvalue weighted by Crippen LogP contribution is -2.53. The van der Waals surface area contributed by atoms with E-state index in [1.165, 1.54) is 0 Å². The summed E-state index contributed by atoms with van der Waals surface area (Å²) in [4.78, 5) is 20.0. The number of aliphatic hydroxyl groups excluding tert-OH is 1. The van der Waals surface area contributed by atoms with Gasteiger partial charge in [-0.05, 0) is 52.1 Å². The second-order valence-electron chi connectivity index (χ2n) is 9.32. The number of β-amino-alcohol motifs (C(OH)–C–C–N with tert-alkyl or cyclic N) is 1. The fraction of sp³-hybridized carbons (Fsp3) is 0.818. The number of piperidine rings is 1. The molecule has 1 aromatic heterocycles. The van der Waals surface area contributed by atoms with Crippen molar-refractivity contribution in [2.45, 2.75) is 69.8 Å². The van der Waals surface area contributed by atoms with Crippen molar-refractivity contribution >= 4 is 5.91 Å². The summed E-state index contributed by atoms with van der Waals surface area (Å²) < 4.78 is 7.30. The first-order valence-corrected chi connectivity index (χ1v) is 11.4. The van der Waals surface area contributed by atoms with Gasteiger partial charge in [0.05, 0.1) is 17.8 Å². The van der Waals surface area contributed by atoms with Crippen LogP contribution in [0.15, 0.2) is 6.20 Å². The Morgan fingerprint density at radius 2 is 1.93 bits per heavy atom. The second-order valence-corrected chi connectivity index (χ2v) is 9.32. The summed E-state index contributed by atoms with van der Waals surface area (Å²) in [7, 11) is 3.77. The van der Waals surface area contributed by atoms with Crippen LogP contribution in [-0.2, 0) is 23.1 Å². The molecule has 1 aromatic rings. The van der Waals surface area contributed by atoms with E-state index in [1.54, 1.807) is 9.58 Å². The number of likely N-dealkylation sites (tertiary alicyclic amines) is 2. The van der Waals surface area contributed by atoms with E-state index in [1.807, 2.05) is 27.2 Å². The molecule has 0 aromatic carbocycles. The van der Waals surface area contributed by atoms with E-state index < -0.39 is 6.10 Å². The number of likely N-dealkylation sites (N-methyl/N-ethyl adjacent to an activating group) is 1. The highest BCUT2D eigenvalue weighted by molar-refractivity contribution is 5.82. The zero-order valence-corrected chi connectivity index (χ0v) is 18.7. The summed E-state index contributed by atoms with van der Waals surface area (Å²) in [5.41, 5.74) is 2.03. The average Bonchev–Trinajstić information content (AvgIpc) is 3.29. The number of nitrogens with zero attached hydrogens (tertiary/aromatic N) is 5. The lowest BCUT2D eigenvalue weighted by Gasteiger charge is -2.43. The molecule has 0 unspecified atom stereocenters. The quantitative estimate of drug-likeness (QED) is 0.760. The molecule has 0 saturated carbocycles. The van der Waals surface area contributed by atoms with Crippen LogP contribution in [0.3, 0.4) is 0 Å². The van der Waals surface area contributed by atoms with E-state index in [0.717, 1.165) is 63.2 Å². The zero-order valence-electron chi connectivity index (χ0n) is 18.7. The van der Waals surface area contributed by atoms with Crippen molar-refractivity contribution in [2.24, 2.45) is 7.05 Å². The molecule has 3 aliphatic heterocycles. The molecule has 1 N–H and O–H groups in total. The lowest BCUT2D eigenvalue weighted by atomic mass is 9.98. The van der Waals surface area contributed by atoms with Crippen molar-refractivity contribution in [3.63, 3.8) is 0 Å². The molecular weight excluding hydrogens is 382 g/mol. The van der Waals surface area contributed by atoms with Gasteiger partial charge in [-0.15, -0.1) is 0 Å².